The van der Waals surface area contributed by atoms with Crippen molar-refractivity contribution in [1.29, 1.82) is 0 Å². The van der Waals surface area contributed by atoms with E-state index in [0.717, 1.165) is 23.5 Å². The number of hydrogen-bond acceptors (Lipinski definition) is 2. The number of hydrogen-bond donors (Lipinski definition) is 1. The molecule has 0 fully saturated rings. The molecule has 0 aliphatic rings. The molecule has 3 heteroatoms. The van der Waals surface area contributed by atoms with Gasteiger partial charge in [-0.1, -0.05) is 19.1 Å². The third-order valence-corrected chi connectivity index (χ3v) is 3.57. The minimum atomic E-state index is 0.299. The van der Waals surface area contributed by atoms with Crippen molar-refractivity contribution in [3.63, 3.8) is 0 Å². The topological polar surface area (TPSA) is 25.2 Å². The number of rotatable bonds is 4. The molecule has 0 spiro atoms. The Balaban J connectivity index is 2.26. The second-order valence-electron chi connectivity index (χ2n) is 3.96. The van der Waals surface area contributed by atoms with Crippen molar-refractivity contribution < 1.29 is 4.42 Å². The largest absolute Gasteiger partial charge is 0.459 e. The fourth-order valence-corrected chi connectivity index (χ4v) is 2.22. The molecule has 0 radical (unpaired) electrons. The van der Waals surface area contributed by atoms with Gasteiger partial charge < -0.3 is 9.73 Å². The quantitative estimate of drug-likeness (QED) is 0.843. The third kappa shape index (κ3) is 2.90. The van der Waals surface area contributed by atoms with Gasteiger partial charge in [0, 0.05) is 9.13 Å². The summed E-state index contributed by atoms with van der Waals surface area (Å²) in [4.78, 5) is 0. The molecule has 1 heterocycles. The summed E-state index contributed by atoms with van der Waals surface area (Å²) in [5.74, 6) is 1.94. The molecule has 1 aromatic heterocycles. The first-order valence-corrected chi connectivity index (χ1v) is 6.85. The van der Waals surface area contributed by atoms with Crippen molar-refractivity contribution in [3.05, 3.63) is 45.7 Å². The predicted octanol–water partition coefficient (Wildman–Crippen LogP) is 4.22. The van der Waals surface area contributed by atoms with Crippen LogP contribution in [0.3, 0.4) is 0 Å². The zero-order chi connectivity index (χ0) is 12.3. The second-order valence-corrected chi connectivity index (χ2v) is 5.20. The Bertz CT molecular complexity index is 471. The van der Waals surface area contributed by atoms with Gasteiger partial charge >= 0.3 is 0 Å². The number of furan rings is 1. The molecule has 90 valence electrons. The predicted molar refractivity (Wildman–Crippen MR) is 79.0 cm³/mol. The van der Waals surface area contributed by atoms with Crippen LogP contribution in [0.15, 0.2) is 40.8 Å². The van der Waals surface area contributed by atoms with E-state index in [4.69, 9.17) is 4.42 Å². The maximum Gasteiger partial charge on any atom is 0.134 e. The summed E-state index contributed by atoms with van der Waals surface area (Å²) in [6.07, 6.45) is 1.02. The molecule has 1 unspecified atom stereocenters. The first-order valence-electron chi connectivity index (χ1n) is 5.77. The zero-order valence-electron chi connectivity index (χ0n) is 10.0. The molecule has 17 heavy (non-hydrogen) atoms. The normalized spacial score (nSPS) is 12.6. The fraction of sp³-hybridized carbons (Fsp3) is 0.286. The van der Waals surface area contributed by atoms with E-state index in [-0.39, 0.29) is 0 Å². The molecule has 0 amide bonds. The molecule has 2 aromatic rings. The lowest BCUT2D eigenvalue weighted by atomic mass is 10.1. The fourth-order valence-electron chi connectivity index (χ4n) is 1.86. The van der Waals surface area contributed by atoms with Gasteiger partial charge in [0.15, 0.2) is 0 Å². The molecule has 1 aromatic carbocycles. The Morgan fingerprint density at radius 2 is 1.88 bits per heavy atom. The van der Waals surface area contributed by atoms with Gasteiger partial charge in [0.1, 0.15) is 11.5 Å². The van der Waals surface area contributed by atoms with E-state index in [1.54, 1.807) is 0 Å². The van der Waals surface area contributed by atoms with Crippen LogP contribution in [0.4, 0.5) is 0 Å². The van der Waals surface area contributed by atoms with Crippen LogP contribution >= 0.6 is 22.6 Å². The summed E-state index contributed by atoms with van der Waals surface area (Å²) >= 11 is 2.30. The van der Waals surface area contributed by atoms with Gasteiger partial charge in [-0.2, -0.15) is 0 Å². The van der Waals surface area contributed by atoms with Crippen molar-refractivity contribution in [1.82, 2.24) is 5.32 Å². The van der Waals surface area contributed by atoms with Gasteiger partial charge in [-0.25, -0.2) is 0 Å². The highest BCUT2D eigenvalue weighted by atomic mass is 127. The lowest BCUT2D eigenvalue weighted by molar-refractivity contribution is 0.431. The van der Waals surface area contributed by atoms with E-state index in [1.165, 1.54) is 3.57 Å². The van der Waals surface area contributed by atoms with E-state index in [1.807, 2.05) is 13.1 Å². The highest BCUT2D eigenvalue weighted by Gasteiger charge is 2.12. The van der Waals surface area contributed by atoms with Gasteiger partial charge in [-0.3, -0.25) is 0 Å². The Kier molecular flexibility index (Phi) is 4.23. The molecule has 2 rings (SSSR count). The van der Waals surface area contributed by atoms with E-state index < -0.39 is 0 Å². The molecule has 0 aliphatic carbocycles. The third-order valence-electron chi connectivity index (χ3n) is 2.86. The van der Waals surface area contributed by atoms with Crippen molar-refractivity contribution >= 4 is 22.6 Å². The SMILES string of the molecule is CCC(NC)c1ccc(-c2ccc(I)cc2)o1. The average molecular weight is 341 g/mol. The smallest absolute Gasteiger partial charge is 0.134 e. The van der Waals surface area contributed by atoms with E-state index >= 15 is 0 Å². The highest BCUT2D eigenvalue weighted by molar-refractivity contribution is 14.1. The summed E-state index contributed by atoms with van der Waals surface area (Å²) in [5, 5.41) is 3.25. The molecular weight excluding hydrogens is 325 g/mol. The summed E-state index contributed by atoms with van der Waals surface area (Å²) in [6.45, 7) is 2.15. The molecule has 0 bridgehead atoms. The standard InChI is InChI=1S/C14H16INO/c1-3-12(16-2)14-9-8-13(17-14)10-4-6-11(15)7-5-10/h4-9,12,16H,3H2,1-2H3. The van der Waals surface area contributed by atoms with Gasteiger partial charge in [-0.05, 0) is 60.3 Å². The molecule has 1 N–H and O–H groups in total. The van der Waals surface area contributed by atoms with Crippen molar-refractivity contribution in [2.45, 2.75) is 19.4 Å². The lowest BCUT2D eigenvalue weighted by Gasteiger charge is -2.09. The van der Waals surface area contributed by atoms with Crippen molar-refractivity contribution in [2.24, 2.45) is 0 Å². The second kappa shape index (κ2) is 5.69. The number of benzene rings is 1. The number of nitrogens with one attached hydrogen (secondary N) is 1. The van der Waals surface area contributed by atoms with Crippen LogP contribution in [-0.4, -0.2) is 7.05 Å². The van der Waals surface area contributed by atoms with Crippen molar-refractivity contribution in [3.8, 4) is 11.3 Å². The average Bonchev–Trinajstić information content (AvgIpc) is 2.81. The summed E-state index contributed by atoms with van der Waals surface area (Å²) < 4.78 is 7.12. The Morgan fingerprint density at radius 1 is 1.18 bits per heavy atom. The Morgan fingerprint density at radius 3 is 2.47 bits per heavy atom. The van der Waals surface area contributed by atoms with Crippen LogP contribution in [0.1, 0.15) is 25.1 Å². The van der Waals surface area contributed by atoms with Crippen LogP contribution < -0.4 is 5.32 Å². The van der Waals surface area contributed by atoms with Crippen LogP contribution in [0.2, 0.25) is 0 Å². The van der Waals surface area contributed by atoms with Gasteiger partial charge in [0.25, 0.3) is 0 Å². The van der Waals surface area contributed by atoms with E-state index in [9.17, 15) is 0 Å². The lowest BCUT2D eigenvalue weighted by Crippen LogP contribution is -2.14. The Hall–Kier alpha value is -0.810. The summed E-state index contributed by atoms with van der Waals surface area (Å²) in [5.41, 5.74) is 1.13. The van der Waals surface area contributed by atoms with E-state index in [2.05, 4.69) is 65.2 Å². The van der Waals surface area contributed by atoms with Crippen LogP contribution in [0.5, 0.6) is 0 Å². The maximum atomic E-state index is 5.89. The molecule has 0 saturated heterocycles. The molecular formula is C14H16INO. The molecule has 1 atom stereocenters. The van der Waals surface area contributed by atoms with Crippen LogP contribution in [0, 0.1) is 3.57 Å². The monoisotopic (exact) mass is 341 g/mol. The Labute approximate surface area is 116 Å². The first-order chi connectivity index (χ1) is 8.24. The van der Waals surface area contributed by atoms with Crippen LogP contribution in [-0.2, 0) is 0 Å². The van der Waals surface area contributed by atoms with Gasteiger partial charge in [-0.15, -0.1) is 0 Å². The minimum absolute atomic E-state index is 0.299. The van der Waals surface area contributed by atoms with Crippen LogP contribution in [0.25, 0.3) is 11.3 Å². The summed E-state index contributed by atoms with van der Waals surface area (Å²) in [6, 6.07) is 12.7. The summed E-state index contributed by atoms with van der Waals surface area (Å²) in [7, 11) is 1.96. The maximum absolute atomic E-state index is 5.89. The zero-order valence-corrected chi connectivity index (χ0v) is 12.2. The van der Waals surface area contributed by atoms with Crippen molar-refractivity contribution in [2.75, 3.05) is 7.05 Å². The van der Waals surface area contributed by atoms with Gasteiger partial charge in [0.05, 0.1) is 6.04 Å². The van der Waals surface area contributed by atoms with Gasteiger partial charge in [0.2, 0.25) is 0 Å². The molecule has 2 nitrogen and oxygen atoms in total. The molecule has 0 saturated carbocycles. The minimum Gasteiger partial charge on any atom is -0.459 e. The molecule has 0 aliphatic heterocycles. The number of halogens is 1. The first kappa shape index (κ1) is 12.6. The highest BCUT2D eigenvalue weighted by Crippen LogP contribution is 2.26. The van der Waals surface area contributed by atoms with E-state index in [0.29, 0.717) is 6.04 Å².